The Kier molecular flexibility index (Phi) is 4.13. The number of benzene rings is 3. The van der Waals surface area contributed by atoms with Gasteiger partial charge in [0.25, 0.3) is 0 Å². The standard InChI is InChI=1S/C23H17BrN2O2/c24-17-12-10-15(11-13-17)19-14-25-26-23(19)21(27)18-8-4-5-9-20(18)28-22(23)16-6-2-1-3-7-16/h1-13,19,22H,14H2/t19-,22+,23+/m0/s1. The molecule has 2 aliphatic rings. The monoisotopic (exact) mass is 432 g/mol. The van der Waals surface area contributed by atoms with Crippen molar-refractivity contribution in [1.29, 1.82) is 0 Å². The number of hydrogen-bond acceptors (Lipinski definition) is 4. The zero-order valence-electron chi connectivity index (χ0n) is 15.0. The summed E-state index contributed by atoms with van der Waals surface area (Å²) in [4.78, 5) is 13.8. The number of azo groups is 1. The lowest BCUT2D eigenvalue weighted by Crippen LogP contribution is -2.51. The molecule has 28 heavy (non-hydrogen) atoms. The number of ketones is 1. The second-order valence-electron chi connectivity index (χ2n) is 7.09. The van der Waals surface area contributed by atoms with Crippen LogP contribution in [0.2, 0.25) is 0 Å². The van der Waals surface area contributed by atoms with Crippen LogP contribution in [0.15, 0.2) is 93.6 Å². The minimum atomic E-state index is -1.11. The van der Waals surface area contributed by atoms with E-state index in [2.05, 4.69) is 26.2 Å². The van der Waals surface area contributed by atoms with E-state index in [1.807, 2.05) is 78.9 Å². The van der Waals surface area contributed by atoms with Gasteiger partial charge < -0.3 is 4.74 Å². The quantitative estimate of drug-likeness (QED) is 0.517. The van der Waals surface area contributed by atoms with E-state index >= 15 is 0 Å². The molecule has 3 atom stereocenters. The van der Waals surface area contributed by atoms with Gasteiger partial charge in [0, 0.05) is 10.4 Å². The van der Waals surface area contributed by atoms with E-state index in [9.17, 15) is 4.79 Å². The summed E-state index contributed by atoms with van der Waals surface area (Å²) in [6, 6.07) is 25.3. The Morgan fingerprint density at radius 3 is 2.39 bits per heavy atom. The molecular weight excluding hydrogens is 416 g/mol. The number of nitrogens with zero attached hydrogens (tertiary/aromatic N) is 2. The van der Waals surface area contributed by atoms with Crippen LogP contribution in [-0.4, -0.2) is 17.9 Å². The molecule has 0 aromatic heterocycles. The Morgan fingerprint density at radius 2 is 1.61 bits per heavy atom. The molecule has 0 unspecified atom stereocenters. The summed E-state index contributed by atoms with van der Waals surface area (Å²) in [5.41, 5.74) is 1.42. The van der Waals surface area contributed by atoms with Crippen LogP contribution in [0.1, 0.15) is 33.5 Å². The first-order chi connectivity index (χ1) is 13.7. The highest BCUT2D eigenvalue weighted by atomic mass is 79.9. The molecule has 0 fully saturated rings. The van der Waals surface area contributed by atoms with Crippen molar-refractivity contribution in [3.63, 3.8) is 0 Å². The van der Waals surface area contributed by atoms with Crippen LogP contribution in [0.5, 0.6) is 5.75 Å². The zero-order valence-corrected chi connectivity index (χ0v) is 16.5. The van der Waals surface area contributed by atoms with Crippen molar-refractivity contribution in [3.8, 4) is 5.75 Å². The average molecular weight is 433 g/mol. The van der Waals surface area contributed by atoms with E-state index < -0.39 is 11.6 Å². The molecule has 0 N–H and O–H groups in total. The van der Waals surface area contributed by atoms with Gasteiger partial charge in [0.1, 0.15) is 5.75 Å². The number of hydrogen-bond donors (Lipinski definition) is 0. The maximum Gasteiger partial charge on any atom is 0.200 e. The molecule has 0 saturated carbocycles. The molecule has 0 amide bonds. The highest BCUT2D eigenvalue weighted by Crippen LogP contribution is 2.52. The number of carbonyl (C=O) groups is 1. The van der Waals surface area contributed by atoms with Gasteiger partial charge >= 0.3 is 0 Å². The lowest BCUT2D eigenvalue weighted by Gasteiger charge is -2.41. The highest BCUT2D eigenvalue weighted by molar-refractivity contribution is 9.10. The number of carbonyl (C=O) groups excluding carboxylic acids is 1. The Hall–Kier alpha value is -2.79. The molecule has 2 aliphatic heterocycles. The smallest absolute Gasteiger partial charge is 0.200 e. The molecule has 0 radical (unpaired) electrons. The summed E-state index contributed by atoms with van der Waals surface area (Å²) in [5.74, 6) is 0.382. The lowest BCUT2D eigenvalue weighted by molar-refractivity contribution is 0.0521. The number of ether oxygens (including phenoxy) is 1. The van der Waals surface area contributed by atoms with E-state index in [1.165, 1.54) is 0 Å². The first kappa shape index (κ1) is 17.3. The number of rotatable bonds is 2. The van der Waals surface area contributed by atoms with Crippen LogP contribution < -0.4 is 4.74 Å². The maximum atomic E-state index is 13.8. The van der Waals surface area contributed by atoms with Crippen molar-refractivity contribution >= 4 is 21.7 Å². The molecule has 3 aromatic carbocycles. The van der Waals surface area contributed by atoms with Crippen molar-refractivity contribution in [3.05, 3.63) is 100 Å². The first-order valence-electron chi connectivity index (χ1n) is 9.20. The predicted octanol–water partition coefficient (Wildman–Crippen LogP) is 5.75. The molecule has 3 aromatic rings. The van der Waals surface area contributed by atoms with Crippen LogP contribution in [0.3, 0.4) is 0 Å². The second kappa shape index (κ2) is 6.67. The number of para-hydroxylation sites is 1. The van der Waals surface area contributed by atoms with Crippen molar-refractivity contribution < 1.29 is 9.53 Å². The van der Waals surface area contributed by atoms with Gasteiger partial charge in [0.15, 0.2) is 11.6 Å². The van der Waals surface area contributed by atoms with E-state index in [0.29, 0.717) is 17.9 Å². The fourth-order valence-electron chi connectivity index (χ4n) is 4.20. The Balaban J connectivity index is 1.72. The Bertz CT molecular complexity index is 1070. The number of halogens is 1. The second-order valence-corrected chi connectivity index (χ2v) is 8.00. The zero-order chi connectivity index (χ0) is 19.1. The predicted molar refractivity (Wildman–Crippen MR) is 110 cm³/mol. The van der Waals surface area contributed by atoms with Crippen molar-refractivity contribution in [2.24, 2.45) is 10.2 Å². The summed E-state index contributed by atoms with van der Waals surface area (Å²) >= 11 is 3.48. The molecular formula is C23H17BrN2O2. The van der Waals surface area contributed by atoms with Crippen molar-refractivity contribution in [2.75, 3.05) is 6.54 Å². The van der Waals surface area contributed by atoms with Gasteiger partial charge in [-0.2, -0.15) is 10.2 Å². The normalized spacial score (nSPS) is 25.5. The summed E-state index contributed by atoms with van der Waals surface area (Å²) in [5, 5.41) is 8.94. The molecule has 0 aliphatic carbocycles. The Labute approximate surface area is 171 Å². The van der Waals surface area contributed by atoms with E-state index in [4.69, 9.17) is 4.74 Å². The maximum absolute atomic E-state index is 13.8. The van der Waals surface area contributed by atoms with E-state index in [1.54, 1.807) is 0 Å². The van der Waals surface area contributed by atoms with Gasteiger partial charge in [-0.15, -0.1) is 0 Å². The third kappa shape index (κ3) is 2.53. The van der Waals surface area contributed by atoms with Crippen molar-refractivity contribution in [2.45, 2.75) is 17.6 Å². The molecule has 0 saturated heterocycles. The lowest BCUT2D eigenvalue weighted by atomic mass is 9.69. The highest BCUT2D eigenvalue weighted by Gasteiger charge is 2.60. The largest absolute Gasteiger partial charge is 0.482 e. The number of Topliss-reactive ketones (excluding diaryl/α,β-unsaturated/α-hetero) is 1. The van der Waals surface area contributed by atoms with Crippen LogP contribution in [0.25, 0.3) is 0 Å². The van der Waals surface area contributed by atoms with E-state index in [0.717, 1.165) is 15.6 Å². The molecule has 4 nitrogen and oxygen atoms in total. The van der Waals surface area contributed by atoms with Crippen LogP contribution in [-0.2, 0) is 0 Å². The summed E-state index contributed by atoms with van der Waals surface area (Å²) in [6.07, 6.45) is -0.531. The molecule has 2 heterocycles. The van der Waals surface area contributed by atoms with Crippen LogP contribution in [0, 0.1) is 0 Å². The van der Waals surface area contributed by atoms with Gasteiger partial charge in [0.2, 0.25) is 5.78 Å². The molecule has 1 spiro atoms. The first-order valence-corrected chi connectivity index (χ1v) is 9.99. The molecule has 5 heteroatoms. The fourth-order valence-corrected chi connectivity index (χ4v) is 4.46. The fraction of sp³-hybridized carbons (Fsp3) is 0.174. The third-order valence-electron chi connectivity index (χ3n) is 5.55. The number of fused-ring (bicyclic) bond motifs is 1. The molecule has 138 valence electrons. The minimum absolute atomic E-state index is 0.0302. The topological polar surface area (TPSA) is 51.0 Å². The summed E-state index contributed by atoms with van der Waals surface area (Å²) < 4.78 is 7.41. The molecule has 5 rings (SSSR count). The third-order valence-corrected chi connectivity index (χ3v) is 6.07. The van der Waals surface area contributed by atoms with Crippen LogP contribution >= 0.6 is 15.9 Å². The van der Waals surface area contributed by atoms with E-state index in [-0.39, 0.29) is 11.7 Å². The summed E-state index contributed by atoms with van der Waals surface area (Å²) in [6.45, 7) is 0.461. The van der Waals surface area contributed by atoms with Gasteiger partial charge in [0.05, 0.1) is 12.1 Å². The molecule has 0 bridgehead atoms. The van der Waals surface area contributed by atoms with Gasteiger partial charge in [-0.05, 0) is 35.4 Å². The SMILES string of the molecule is O=C1c2ccccc2O[C@H](c2ccccc2)[C@]12N=NC[C@H]2c1ccc(Br)cc1. The van der Waals surface area contributed by atoms with Gasteiger partial charge in [-0.1, -0.05) is 70.5 Å². The van der Waals surface area contributed by atoms with Gasteiger partial charge in [-0.25, -0.2) is 0 Å². The van der Waals surface area contributed by atoms with Crippen molar-refractivity contribution in [1.82, 2.24) is 0 Å². The average Bonchev–Trinajstić information content (AvgIpc) is 3.17. The van der Waals surface area contributed by atoms with Crippen LogP contribution in [0.4, 0.5) is 0 Å². The Morgan fingerprint density at radius 1 is 0.893 bits per heavy atom. The minimum Gasteiger partial charge on any atom is -0.482 e. The van der Waals surface area contributed by atoms with Gasteiger partial charge in [-0.3, -0.25) is 4.79 Å². The summed E-state index contributed by atoms with van der Waals surface area (Å²) in [7, 11) is 0.